The molecule has 2 rings (SSSR count). The maximum Gasteiger partial charge on any atom is 0.405 e. The summed E-state index contributed by atoms with van der Waals surface area (Å²) in [5.74, 6) is 0.755. The molecular formula is C12H13F3N2O2. The second kappa shape index (κ2) is 5.38. The SMILES string of the molecule is O=C(NCC1Cc2ccccc2O1)NCC(F)(F)F. The minimum Gasteiger partial charge on any atom is -0.488 e. The lowest BCUT2D eigenvalue weighted by Crippen LogP contribution is -2.44. The van der Waals surface area contributed by atoms with Gasteiger partial charge >= 0.3 is 12.2 Å². The van der Waals surface area contributed by atoms with Crippen LogP contribution in [0.15, 0.2) is 24.3 Å². The first-order chi connectivity index (χ1) is 8.94. The third-order valence-corrected chi connectivity index (χ3v) is 2.65. The van der Waals surface area contributed by atoms with Crippen molar-refractivity contribution in [1.82, 2.24) is 10.6 Å². The van der Waals surface area contributed by atoms with Crippen LogP contribution in [-0.4, -0.2) is 31.4 Å². The lowest BCUT2D eigenvalue weighted by Gasteiger charge is -2.13. The van der Waals surface area contributed by atoms with Gasteiger partial charge in [-0.3, -0.25) is 0 Å². The zero-order chi connectivity index (χ0) is 13.9. The number of alkyl halides is 3. The van der Waals surface area contributed by atoms with Crippen LogP contribution < -0.4 is 15.4 Å². The van der Waals surface area contributed by atoms with E-state index in [1.165, 1.54) is 0 Å². The van der Waals surface area contributed by atoms with E-state index >= 15 is 0 Å². The summed E-state index contributed by atoms with van der Waals surface area (Å²) in [5, 5.41) is 4.09. The predicted octanol–water partition coefficient (Wildman–Crippen LogP) is 1.85. The highest BCUT2D eigenvalue weighted by atomic mass is 19.4. The van der Waals surface area contributed by atoms with E-state index in [4.69, 9.17) is 4.74 Å². The maximum absolute atomic E-state index is 11.9. The number of halogens is 3. The van der Waals surface area contributed by atoms with Gasteiger partial charge in [-0.2, -0.15) is 13.2 Å². The molecule has 0 aromatic heterocycles. The van der Waals surface area contributed by atoms with Crippen molar-refractivity contribution in [2.45, 2.75) is 18.7 Å². The Kier molecular flexibility index (Phi) is 3.82. The number of amides is 2. The molecule has 1 aliphatic rings. The smallest absolute Gasteiger partial charge is 0.405 e. The lowest BCUT2D eigenvalue weighted by molar-refractivity contribution is -0.122. The minimum atomic E-state index is -4.41. The van der Waals surface area contributed by atoms with Crippen molar-refractivity contribution >= 4 is 6.03 Å². The van der Waals surface area contributed by atoms with Crippen molar-refractivity contribution in [2.75, 3.05) is 13.1 Å². The summed E-state index contributed by atoms with van der Waals surface area (Å²) < 4.78 is 41.1. The quantitative estimate of drug-likeness (QED) is 0.883. The van der Waals surface area contributed by atoms with Crippen LogP contribution in [0.3, 0.4) is 0 Å². The molecule has 0 saturated heterocycles. The van der Waals surface area contributed by atoms with Crippen molar-refractivity contribution in [1.29, 1.82) is 0 Å². The first kappa shape index (κ1) is 13.5. The standard InChI is InChI=1S/C12H13F3N2O2/c13-12(14,15)7-17-11(18)16-6-9-5-8-3-1-2-4-10(8)19-9/h1-4,9H,5-7H2,(H2,16,17,18). The number of urea groups is 1. The van der Waals surface area contributed by atoms with Gasteiger partial charge in [0.2, 0.25) is 0 Å². The van der Waals surface area contributed by atoms with Crippen LogP contribution >= 0.6 is 0 Å². The summed E-state index contributed by atoms with van der Waals surface area (Å²) in [6.45, 7) is -1.18. The highest BCUT2D eigenvalue weighted by Crippen LogP contribution is 2.27. The molecule has 7 heteroatoms. The van der Waals surface area contributed by atoms with Crippen molar-refractivity contribution in [3.05, 3.63) is 29.8 Å². The molecule has 2 amide bonds. The van der Waals surface area contributed by atoms with Crippen molar-refractivity contribution in [2.24, 2.45) is 0 Å². The average molecular weight is 274 g/mol. The Morgan fingerprint density at radius 2 is 2.05 bits per heavy atom. The van der Waals surface area contributed by atoms with Crippen LogP contribution in [0.4, 0.5) is 18.0 Å². The van der Waals surface area contributed by atoms with Crippen molar-refractivity contribution in [3.8, 4) is 5.75 Å². The molecule has 2 N–H and O–H groups in total. The van der Waals surface area contributed by atoms with Gasteiger partial charge in [0.15, 0.2) is 0 Å². The fourth-order valence-corrected chi connectivity index (χ4v) is 1.82. The Morgan fingerprint density at radius 3 is 2.74 bits per heavy atom. The zero-order valence-corrected chi connectivity index (χ0v) is 9.96. The van der Waals surface area contributed by atoms with E-state index in [-0.39, 0.29) is 12.6 Å². The number of carbonyl (C=O) groups excluding carboxylic acids is 1. The molecule has 0 saturated carbocycles. The monoisotopic (exact) mass is 274 g/mol. The van der Waals surface area contributed by atoms with Crippen LogP contribution in [0.5, 0.6) is 5.75 Å². The zero-order valence-electron chi connectivity index (χ0n) is 9.96. The van der Waals surface area contributed by atoms with Gasteiger partial charge in [-0.1, -0.05) is 18.2 Å². The van der Waals surface area contributed by atoms with Crippen LogP contribution in [0.2, 0.25) is 0 Å². The molecular weight excluding hydrogens is 261 g/mol. The van der Waals surface area contributed by atoms with Gasteiger partial charge in [0.1, 0.15) is 18.4 Å². The highest BCUT2D eigenvalue weighted by molar-refractivity contribution is 5.73. The number of hydrogen-bond donors (Lipinski definition) is 2. The molecule has 19 heavy (non-hydrogen) atoms. The molecule has 0 radical (unpaired) electrons. The Hall–Kier alpha value is -1.92. The van der Waals surface area contributed by atoms with E-state index in [2.05, 4.69) is 5.32 Å². The van der Waals surface area contributed by atoms with E-state index < -0.39 is 18.8 Å². The third-order valence-electron chi connectivity index (χ3n) is 2.65. The Morgan fingerprint density at radius 1 is 1.32 bits per heavy atom. The van der Waals surface area contributed by atoms with Gasteiger partial charge in [-0.15, -0.1) is 0 Å². The van der Waals surface area contributed by atoms with Gasteiger partial charge in [0.25, 0.3) is 0 Å². The fourth-order valence-electron chi connectivity index (χ4n) is 1.82. The molecule has 104 valence electrons. The summed E-state index contributed by atoms with van der Waals surface area (Å²) in [6.07, 6.45) is -4.01. The lowest BCUT2D eigenvalue weighted by atomic mass is 10.1. The summed E-state index contributed by atoms with van der Waals surface area (Å²) in [6, 6.07) is 6.61. The molecule has 4 nitrogen and oxygen atoms in total. The van der Waals surface area contributed by atoms with E-state index in [9.17, 15) is 18.0 Å². The number of carbonyl (C=O) groups is 1. The number of ether oxygens (including phenoxy) is 1. The van der Waals surface area contributed by atoms with Gasteiger partial charge in [-0.05, 0) is 11.6 Å². The number of hydrogen-bond acceptors (Lipinski definition) is 2. The second-order valence-corrected chi connectivity index (χ2v) is 4.23. The molecule has 1 atom stereocenters. The normalized spacial score (nSPS) is 17.5. The molecule has 1 aromatic rings. The highest BCUT2D eigenvalue weighted by Gasteiger charge is 2.28. The van der Waals surface area contributed by atoms with E-state index in [0.29, 0.717) is 6.42 Å². The van der Waals surface area contributed by atoms with Crippen LogP contribution in [0.25, 0.3) is 0 Å². The number of benzene rings is 1. The van der Waals surface area contributed by atoms with E-state index in [1.54, 1.807) is 5.32 Å². The Labute approximate surface area is 107 Å². The average Bonchev–Trinajstić information content (AvgIpc) is 2.75. The Bertz CT molecular complexity index is 438. The van der Waals surface area contributed by atoms with E-state index in [1.807, 2.05) is 24.3 Å². The summed E-state index contributed by atoms with van der Waals surface area (Å²) in [7, 11) is 0. The number of rotatable bonds is 3. The molecule has 0 fully saturated rings. The van der Waals surface area contributed by atoms with Crippen molar-refractivity contribution < 1.29 is 22.7 Å². The van der Waals surface area contributed by atoms with Crippen LogP contribution in [0.1, 0.15) is 5.56 Å². The minimum absolute atomic E-state index is 0.165. The van der Waals surface area contributed by atoms with Gasteiger partial charge in [0.05, 0.1) is 6.54 Å². The van der Waals surface area contributed by atoms with Gasteiger partial charge < -0.3 is 15.4 Å². The fraction of sp³-hybridized carbons (Fsp3) is 0.417. The van der Waals surface area contributed by atoms with Crippen LogP contribution in [-0.2, 0) is 6.42 Å². The van der Waals surface area contributed by atoms with Crippen molar-refractivity contribution in [3.63, 3.8) is 0 Å². The molecule has 1 unspecified atom stereocenters. The van der Waals surface area contributed by atoms with E-state index in [0.717, 1.165) is 11.3 Å². The molecule has 1 heterocycles. The summed E-state index contributed by atoms with van der Waals surface area (Å²) in [4.78, 5) is 11.1. The number of para-hydroxylation sites is 1. The summed E-state index contributed by atoms with van der Waals surface area (Å²) >= 11 is 0. The molecule has 0 spiro atoms. The molecule has 1 aromatic carbocycles. The Balaban J connectivity index is 1.72. The van der Waals surface area contributed by atoms with Gasteiger partial charge in [-0.25, -0.2) is 4.79 Å². The molecule has 0 bridgehead atoms. The first-order valence-electron chi connectivity index (χ1n) is 5.77. The molecule has 0 aliphatic carbocycles. The topological polar surface area (TPSA) is 50.4 Å². The van der Waals surface area contributed by atoms with Crippen LogP contribution in [0, 0.1) is 0 Å². The predicted molar refractivity (Wildman–Crippen MR) is 62.0 cm³/mol. The number of fused-ring (bicyclic) bond motifs is 1. The number of nitrogens with one attached hydrogen (secondary N) is 2. The third kappa shape index (κ3) is 4.04. The molecule has 1 aliphatic heterocycles. The largest absolute Gasteiger partial charge is 0.488 e. The maximum atomic E-state index is 11.9. The second-order valence-electron chi connectivity index (χ2n) is 4.23. The first-order valence-corrected chi connectivity index (χ1v) is 5.77. The van der Waals surface area contributed by atoms with Gasteiger partial charge in [0, 0.05) is 6.42 Å². The summed E-state index contributed by atoms with van der Waals surface area (Å²) in [5.41, 5.74) is 1.03.